The maximum atomic E-state index is 5.76. The van der Waals surface area contributed by atoms with Crippen LogP contribution in [0.5, 0.6) is 0 Å². The van der Waals surface area contributed by atoms with Gasteiger partial charge in [-0.2, -0.15) is 0 Å². The summed E-state index contributed by atoms with van der Waals surface area (Å²) in [6, 6.07) is 1.45. The number of rotatable bonds is 6. The highest BCUT2D eigenvalue weighted by atomic mass is 16.5. The molecule has 0 aromatic carbocycles. The van der Waals surface area contributed by atoms with Crippen LogP contribution in [-0.2, 0) is 4.74 Å². The van der Waals surface area contributed by atoms with Gasteiger partial charge in [-0.25, -0.2) is 0 Å². The molecule has 2 aliphatic rings. The van der Waals surface area contributed by atoms with Crippen LogP contribution in [-0.4, -0.2) is 49.3 Å². The van der Waals surface area contributed by atoms with Crippen molar-refractivity contribution in [3.63, 3.8) is 0 Å². The van der Waals surface area contributed by atoms with Gasteiger partial charge in [0, 0.05) is 18.7 Å². The molecule has 0 bridgehead atoms. The molecule has 0 spiro atoms. The first kappa shape index (κ1) is 15.3. The van der Waals surface area contributed by atoms with E-state index in [0.717, 1.165) is 19.1 Å². The van der Waals surface area contributed by atoms with Gasteiger partial charge in [0.05, 0.1) is 6.10 Å². The quantitative estimate of drug-likeness (QED) is 0.801. The van der Waals surface area contributed by atoms with Gasteiger partial charge in [0.15, 0.2) is 0 Å². The van der Waals surface area contributed by atoms with Crippen LogP contribution in [0.4, 0.5) is 0 Å². The van der Waals surface area contributed by atoms with Crippen LogP contribution in [0.2, 0.25) is 0 Å². The Morgan fingerprint density at radius 3 is 2.58 bits per heavy atom. The maximum absolute atomic E-state index is 5.76. The standard InChI is InChI=1S/C16H32N2O/c1-3-5-9-18-10-6-14(7-11-18)17-15-8-12-19-16(4-2)13-15/h14-17H,3-13H2,1-2H3. The molecule has 3 heteroatoms. The van der Waals surface area contributed by atoms with Crippen LogP contribution in [0, 0.1) is 0 Å². The Bertz CT molecular complexity index is 239. The summed E-state index contributed by atoms with van der Waals surface area (Å²) in [6.45, 7) is 9.35. The Balaban J connectivity index is 1.64. The van der Waals surface area contributed by atoms with Crippen molar-refractivity contribution in [3.05, 3.63) is 0 Å². The van der Waals surface area contributed by atoms with Crippen LogP contribution in [0.25, 0.3) is 0 Å². The maximum Gasteiger partial charge on any atom is 0.0587 e. The van der Waals surface area contributed by atoms with E-state index in [1.54, 1.807) is 0 Å². The minimum atomic E-state index is 0.496. The Kier molecular flexibility index (Phi) is 6.62. The number of nitrogens with one attached hydrogen (secondary N) is 1. The number of nitrogens with zero attached hydrogens (tertiary/aromatic N) is 1. The highest BCUT2D eigenvalue weighted by molar-refractivity contribution is 4.83. The van der Waals surface area contributed by atoms with Gasteiger partial charge in [-0.3, -0.25) is 0 Å². The average molecular weight is 268 g/mol. The summed E-state index contributed by atoms with van der Waals surface area (Å²) >= 11 is 0. The third-order valence-electron chi connectivity index (χ3n) is 4.71. The van der Waals surface area contributed by atoms with E-state index < -0.39 is 0 Å². The van der Waals surface area contributed by atoms with E-state index in [0.29, 0.717) is 12.1 Å². The Morgan fingerprint density at radius 1 is 1.11 bits per heavy atom. The van der Waals surface area contributed by atoms with Gasteiger partial charge in [0.2, 0.25) is 0 Å². The predicted octanol–water partition coefficient (Wildman–Crippen LogP) is 2.80. The Hall–Kier alpha value is -0.120. The topological polar surface area (TPSA) is 24.5 Å². The van der Waals surface area contributed by atoms with Crippen molar-refractivity contribution in [1.82, 2.24) is 10.2 Å². The molecule has 2 atom stereocenters. The van der Waals surface area contributed by atoms with E-state index in [2.05, 4.69) is 24.1 Å². The lowest BCUT2D eigenvalue weighted by Gasteiger charge is -2.37. The van der Waals surface area contributed by atoms with Crippen molar-refractivity contribution in [2.75, 3.05) is 26.2 Å². The third kappa shape index (κ3) is 5.05. The fraction of sp³-hybridized carbons (Fsp3) is 1.00. The first-order valence-electron chi connectivity index (χ1n) is 8.41. The van der Waals surface area contributed by atoms with Gasteiger partial charge in [-0.15, -0.1) is 0 Å². The molecule has 2 unspecified atom stereocenters. The smallest absolute Gasteiger partial charge is 0.0587 e. The fourth-order valence-electron chi connectivity index (χ4n) is 3.35. The number of unbranched alkanes of at least 4 members (excludes halogenated alkanes) is 1. The molecule has 0 aliphatic carbocycles. The molecule has 1 N–H and O–H groups in total. The number of ether oxygens (including phenoxy) is 1. The molecular weight excluding hydrogens is 236 g/mol. The van der Waals surface area contributed by atoms with E-state index in [9.17, 15) is 0 Å². The van der Waals surface area contributed by atoms with Crippen molar-refractivity contribution in [2.45, 2.75) is 77.0 Å². The zero-order valence-corrected chi connectivity index (χ0v) is 12.9. The minimum Gasteiger partial charge on any atom is -0.378 e. The monoisotopic (exact) mass is 268 g/mol. The van der Waals surface area contributed by atoms with Gasteiger partial charge in [-0.05, 0) is 58.2 Å². The van der Waals surface area contributed by atoms with Crippen LogP contribution in [0.3, 0.4) is 0 Å². The van der Waals surface area contributed by atoms with E-state index in [1.807, 2.05) is 0 Å². The molecule has 19 heavy (non-hydrogen) atoms. The van der Waals surface area contributed by atoms with Crippen molar-refractivity contribution in [2.24, 2.45) is 0 Å². The predicted molar refractivity (Wildman–Crippen MR) is 80.6 cm³/mol. The van der Waals surface area contributed by atoms with Crippen molar-refractivity contribution in [1.29, 1.82) is 0 Å². The third-order valence-corrected chi connectivity index (χ3v) is 4.71. The summed E-state index contributed by atoms with van der Waals surface area (Å²) in [5.74, 6) is 0. The van der Waals surface area contributed by atoms with E-state index in [-0.39, 0.29) is 0 Å². The normalized spacial score (nSPS) is 30.6. The second-order valence-electron chi connectivity index (χ2n) is 6.26. The minimum absolute atomic E-state index is 0.496. The zero-order valence-electron chi connectivity index (χ0n) is 12.9. The molecule has 0 radical (unpaired) electrons. The van der Waals surface area contributed by atoms with Gasteiger partial charge in [0.1, 0.15) is 0 Å². The average Bonchev–Trinajstić information content (AvgIpc) is 2.47. The molecule has 0 amide bonds. The summed E-state index contributed by atoms with van der Waals surface area (Å²) in [4.78, 5) is 2.64. The van der Waals surface area contributed by atoms with Crippen molar-refractivity contribution < 1.29 is 4.74 Å². The van der Waals surface area contributed by atoms with Crippen molar-refractivity contribution in [3.8, 4) is 0 Å². The summed E-state index contributed by atoms with van der Waals surface area (Å²) in [6.07, 6.45) is 9.41. The molecule has 2 heterocycles. The van der Waals surface area contributed by atoms with Gasteiger partial charge in [0.25, 0.3) is 0 Å². The highest BCUT2D eigenvalue weighted by Crippen LogP contribution is 2.19. The van der Waals surface area contributed by atoms with Crippen molar-refractivity contribution >= 4 is 0 Å². The summed E-state index contributed by atoms with van der Waals surface area (Å²) < 4.78 is 5.76. The molecule has 0 aromatic rings. The molecule has 2 rings (SSSR count). The zero-order chi connectivity index (χ0) is 13.5. The molecule has 2 fully saturated rings. The Labute approximate surface area is 119 Å². The van der Waals surface area contributed by atoms with E-state index >= 15 is 0 Å². The first-order valence-corrected chi connectivity index (χ1v) is 8.41. The van der Waals surface area contributed by atoms with Crippen LogP contribution in [0.1, 0.15) is 58.8 Å². The van der Waals surface area contributed by atoms with E-state index in [1.165, 1.54) is 58.2 Å². The van der Waals surface area contributed by atoms with Crippen LogP contribution >= 0.6 is 0 Å². The summed E-state index contributed by atoms with van der Waals surface area (Å²) in [5.41, 5.74) is 0. The molecule has 0 aromatic heterocycles. The molecule has 0 saturated carbocycles. The molecule has 112 valence electrons. The largest absolute Gasteiger partial charge is 0.378 e. The van der Waals surface area contributed by atoms with Gasteiger partial charge < -0.3 is 15.0 Å². The number of hydrogen-bond donors (Lipinski definition) is 1. The second-order valence-corrected chi connectivity index (χ2v) is 6.26. The SMILES string of the molecule is CCCCN1CCC(NC2CCOC(CC)C2)CC1. The lowest BCUT2D eigenvalue weighted by atomic mass is 9.97. The summed E-state index contributed by atoms with van der Waals surface area (Å²) in [5, 5.41) is 3.89. The lowest BCUT2D eigenvalue weighted by Crippen LogP contribution is -2.48. The number of likely N-dealkylation sites (tertiary alicyclic amines) is 1. The molecule has 3 nitrogen and oxygen atoms in total. The molecular formula is C16H32N2O. The second kappa shape index (κ2) is 8.23. The van der Waals surface area contributed by atoms with E-state index in [4.69, 9.17) is 4.74 Å². The van der Waals surface area contributed by atoms with Gasteiger partial charge >= 0.3 is 0 Å². The Morgan fingerprint density at radius 2 is 1.89 bits per heavy atom. The number of piperidine rings is 1. The number of hydrogen-bond acceptors (Lipinski definition) is 3. The lowest BCUT2D eigenvalue weighted by molar-refractivity contribution is -0.00347. The first-order chi connectivity index (χ1) is 9.31. The molecule has 2 saturated heterocycles. The highest BCUT2D eigenvalue weighted by Gasteiger charge is 2.25. The van der Waals surface area contributed by atoms with Crippen LogP contribution < -0.4 is 5.32 Å². The summed E-state index contributed by atoms with van der Waals surface area (Å²) in [7, 11) is 0. The van der Waals surface area contributed by atoms with Gasteiger partial charge in [-0.1, -0.05) is 20.3 Å². The fourth-order valence-corrected chi connectivity index (χ4v) is 3.35. The van der Waals surface area contributed by atoms with Crippen LogP contribution in [0.15, 0.2) is 0 Å². The molecule has 2 aliphatic heterocycles.